The van der Waals surface area contributed by atoms with Crippen LogP contribution >= 0.6 is 0 Å². The van der Waals surface area contributed by atoms with Gasteiger partial charge in [-0.1, -0.05) is 35.9 Å². The van der Waals surface area contributed by atoms with Gasteiger partial charge in [-0.3, -0.25) is 9.59 Å². The largest absolute Gasteiger partial charge is 0.454 e. The lowest BCUT2D eigenvalue weighted by Crippen LogP contribution is -2.38. The molecule has 0 saturated heterocycles. The highest BCUT2D eigenvalue weighted by Gasteiger charge is 2.38. The second kappa shape index (κ2) is 6.51. The number of benzene rings is 2. The van der Waals surface area contributed by atoms with Crippen LogP contribution in [0.15, 0.2) is 53.7 Å². The summed E-state index contributed by atoms with van der Waals surface area (Å²) in [5, 5.41) is 2.98. The summed E-state index contributed by atoms with van der Waals surface area (Å²) < 4.78 is 10.9. The van der Waals surface area contributed by atoms with E-state index in [1.807, 2.05) is 25.1 Å². The molecule has 2 aromatic rings. The lowest BCUT2D eigenvalue weighted by Gasteiger charge is -2.34. The molecule has 0 unspecified atom stereocenters. The third kappa shape index (κ3) is 2.87. The Balaban J connectivity index is 1.51. The summed E-state index contributed by atoms with van der Waals surface area (Å²) in [5.74, 6) is 1.32. The molecule has 28 heavy (non-hydrogen) atoms. The Morgan fingerprint density at radius 1 is 0.893 bits per heavy atom. The number of hydrogen-bond donors (Lipinski definition) is 1. The molecule has 2 atom stereocenters. The van der Waals surface area contributed by atoms with Crippen molar-refractivity contribution >= 4 is 11.7 Å². The van der Waals surface area contributed by atoms with Gasteiger partial charge in [-0.15, -0.1) is 0 Å². The molecule has 0 spiro atoms. The highest BCUT2D eigenvalue weighted by molar-refractivity contribution is 6.02. The van der Waals surface area contributed by atoms with E-state index in [0.29, 0.717) is 24.3 Å². The molecule has 1 aliphatic carbocycles. The molecule has 0 radical (unpaired) electrons. The molecule has 0 bridgehead atoms. The van der Waals surface area contributed by atoms with Gasteiger partial charge in [-0.05, 0) is 42.5 Å². The van der Waals surface area contributed by atoms with E-state index in [0.717, 1.165) is 22.4 Å². The molecular formula is C23H21NO4. The summed E-state index contributed by atoms with van der Waals surface area (Å²) in [4.78, 5) is 25.6. The predicted octanol–water partition coefficient (Wildman–Crippen LogP) is 3.73. The highest BCUT2D eigenvalue weighted by Crippen LogP contribution is 2.44. The third-order valence-corrected chi connectivity index (χ3v) is 5.88. The van der Waals surface area contributed by atoms with Crippen LogP contribution in [0.1, 0.15) is 47.8 Å². The average Bonchev–Trinajstić information content (AvgIpc) is 3.15. The first-order valence-electron chi connectivity index (χ1n) is 9.60. The van der Waals surface area contributed by atoms with Crippen molar-refractivity contribution < 1.29 is 19.1 Å². The van der Waals surface area contributed by atoms with Crippen molar-refractivity contribution in [2.75, 3.05) is 6.79 Å². The van der Waals surface area contributed by atoms with E-state index in [2.05, 4.69) is 29.6 Å². The van der Waals surface area contributed by atoms with Crippen LogP contribution in [0, 0.1) is 6.92 Å². The Hall–Kier alpha value is -3.08. The Labute approximate surface area is 163 Å². The summed E-state index contributed by atoms with van der Waals surface area (Å²) in [6.45, 7) is 2.25. The monoisotopic (exact) mass is 375 g/mol. The number of amides is 1. The van der Waals surface area contributed by atoms with Crippen molar-refractivity contribution in [3.05, 3.63) is 70.4 Å². The number of carbonyl (C=O) groups excluding carboxylic acids is 2. The van der Waals surface area contributed by atoms with Crippen molar-refractivity contribution in [1.82, 2.24) is 5.32 Å². The molecule has 0 aromatic heterocycles. The van der Waals surface area contributed by atoms with Gasteiger partial charge in [0, 0.05) is 30.0 Å². The number of rotatable bonds is 2. The van der Waals surface area contributed by atoms with Crippen LogP contribution in [0.2, 0.25) is 0 Å². The summed E-state index contributed by atoms with van der Waals surface area (Å²) in [6.07, 6.45) is 1.43. The maximum atomic E-state index is 13.1. The zero-order valence-corrected chi connectivity index (χ0v) is 15.7. The van der Waals surface area contributed by atoms with E-state index in [9.17, 15) is 9.59 Å². The fourth-order valence-electron chi connectivity index (χ4n) is 4.45. The quantitative estimate of drug-likeness (QED) is 0.869. The summed E-state index contributed by atoms with van der Waals surface area (Å²) >= 11 is 0. The van der Waals surface area contributed by atoms with Gasteiger partial charge >= 0.3 is 0 Å². The minimum atomic E-state index is -0.232. The normalized spacial score (nSPS) is 23.5. The van der Waals surface area contributed by atoms with E-state index in [1.165, 1.54) is 5.56 Å². The van der Waals surface area contributed by atoms with Crippen LogP contribution in [0.25, 0.3) is 0 Å². The van der Waals surface area contributed by atoms with Crippen molar-refractivity contribution in [1.29, 1.82) is 0 Å². The van der Waals surface area contributed by atoms with E-state index >= 15 is 0 Å². The number of allylic oxidation sites excluding steroid dienone is 2. The lowest BCUT2D eigenvalue weighted by molar-refractivity contribution is -0.122. The fraction of sp³-hybridized carbons (Fsp3) is 0.304. The third-order valence-electron chi connectivity index (χ3n) is 5.88. The number of fused-ring (bicyclic) bond motifs is 1. The van der Waals surface area contributed by atoms with Crippen LogP contribution in [-0.4, -0.2) is 18.5 Å². The fourth-order valence-corrected chi connectivity index (χ4v) is 4.45. The minimum absolute atomic E-state index is 0.0428. The molecule has 142 valence electrons. The molecule has 3 aliphatic rings. The second-order valence-corrected chi connectivity index (χ2v) is 7.75. The van der Waals surface area contributed by atoms with Crippen molar-refractivity contribution in [2.45, 2.75) is 38.0 Å². The highest BCUT2D eigenvalue weighted by atomic mass is 16.7. The first-order valence-corrected chi connectivity index (χ1v) is 9.60. The number of carbonyl (C=O) groups is 2. The Kier molecular flexibility index (Phi) is 3.97. The average molecular weight is 375 g/mol. The second-order valence-electron chi connectivity index (χ2n) is 7.75. The van der Waals surface area contributed by atoms with Gasteiger partial charge in [0.15, 0.2) is 17.3 Å². The molecule has 5 rings (SSSR count). The van der Waals surface area contributed by atoms with Crippen LogP contribution < -0.4 is 14.8 Å². The molecule has 2 aromatic carbocycles. The first-order chi connectivity index (χ1) is 13.6. The van der Waals surface area contributed by atoms with Crippen LogP contribution in [0.5, 0.6) is 11.5 Å². The summed E-state index contributed by atoms with van der Waals surface area (Å²) in [7, 11) is 0. The van der Waals surface area contributed by atoms with Gasteiger partial charge in [-0.25, -0.2) is 0 Å². The first kappa shape index (κ1) is 17.0. The van der Waals surface area contributed by atoms with Crippen LogP contribution in [0.4, 0.5) is 0 Å². The van der Waals surface area contributed by atoms with Gasteiger partial charge in [-0.2, -0.15) is 0 Å². The van der Waals surface area contributed by atoms with Crippen molar-refractivity contribution in [3.63, 3.8) is 0 Å². The van der Waals surface area contributed by atoms with E-state index in [1.54, 1.807) is 0 Å². The maximum Gasteiger partial charge on any atom is 0.231 e. The van der Waals surface area contributed by atoms with Gasteiger partial charge in [0.2, 0.25) is 12.7 Å². The number of nitrogens with one attached hydrogen (secondary N) is 1. The van der Waals surface area contributed by atoms with E-state index in [-0.39, 0.29) is 36.7 Å². The Morgan fingerprint density at radius 3 is 2.46 bits per heavy atom. The standard InChI is InChI=1S/C23H21NO4/c1-13-2-4-14(5-3-13)16-8-18-23(19(25)9-16)17(11-22(26)24-18)15-6-7-20-21(10-15)28-12-27-20/h2-7,10,16-17H,8-9,11-12H2,1H3,(H,24,26)/t16-,17+/m1/s1. The van der Waals surface area contributed by atoms with Crippen molar-refractivity contribution in [2.24, 2.45) is 0 Å². The number of ketones is 1. The van der Waals surface area contributed by atoms with Crippen molar-refractivity contribution in [3.8, 4) is 11.5 Å². The zero-order valence-electron chi connectivity index (χ0n) is 15.7. The van der Waals surface area contributed by atoms with Crippen LogP contribution in [0.3, 0.4) is 0 Å². The Morgan fingerprint density at radius 2 is 1.64 bits per heavy atom. The van der Waals surface area contributed by atoms with Gasteiger partial charge in [0.1, 0.15) is 0 Å². The number of ether oxygens (including phenoxy) is 2. The lowest BCUT2D eigenvalue weighted by atomic mass is 9.73. The Bertz CT molecular complexity index is 1010. The summed E-state index contributed by atoms with van der Waals surface area (Å²) in [6, 6.07) is 14.0. The van der Waals surface area contributed by atoms with Crippen LogP contribution in [-0.2, 0) is 9.59 Å². The molecule has 2 aliphatic heterocycles. The topological polar surface area (TPSA) is 64.6 Å². The van der Waals surface area contributed by atoms with Gasteiger partial charge < -0.3 is 14.8 Å². The molecular weight excluding hydrogens is 354 g/mol. The molecule has 0 fully saturated rings. The number of hydrogen-bond acceptors (Lipinski definition) is 4. The number of Topliss-reactive ketones (excluding diaryl/α,β-unsaturated/α-hetero) is 1. The van der Waals surface area contributed by atoms with Gasteiger partial charge in [0.05, 0.1) is 0 Å². The molecule has 1 amide bonds. The predicted molar refractivity (Wildman–Crippen MR) is 103 cm³/mol. The number of aryl methyl sites for hydroxylation is 1. The van der Waals surface area contributed by atoms with Gasteiger partial charge in [0.25, 0.3) is 0 Å². The van der Waals surface area contributed by atoms with E-state index in [4.69, 9.17) is 9.47 Å². The molecule has 0 saturated carbocycles. The smallest absolute Gasteiger partial charge is 0.231 e. The molecule has 2 heterocycles. The molecule has 5 heteroatoms. The molecule has 5 nitrogen and oxygen atoms in total. The minimum Gasteiger partial charge on any atom is -0.454 e. The SMILES string of the molecule is Cc1ccc([C@H]2CC(=O)C3=C(C2)NC(=O)C[C@H]3c2ccc3c(c2)OCO3)cc1. The van der Waals surface area contributed by atoms with E-state index < -0.39 is 0 Å². The maximum absolute atomic E-state index is 13.1. The molecule has 1 N–H and O–H groups in total. The zero-order chi connectivity index (χ0) is 19.3. The summed E-state index contributed by atoms with van der Waals surface area (Å²) in [5.41, 5.74) is 4.79.